The van der Waals surface area contributed by atoms with E-state index in [1.54, 1.807) is 12.4 Å². The van der Waals surface area contributed by atoms with Gasteiger partial charge in [0.25, 0.3) is 5.91 Å². The zero-order valence-electron chi connectivity index (χ0n) is 22.9. The number of hydrogen-bond acceptors (Lipinski definition) is 6. The molecule has 2 fully saturated rings. The number of anilines is 1. The normalized spacial score (nSPS) is 20.6. The van der Waals surface area contributed by atoms with Crippen LogP contribution < -0.4 is 20.3 Å². The Bertz CT molecular complexity index is 1410. The summed E-state index contributed by atoms with van der Waals surface area (Å²) in [6.45, 7) is 0.672. The van der Waals surface area contributed by atoms with E-state index in [4.69, 9.17) is 4.74 Å². The van der Waals surface area contributed by atoms with E-state index in [0.717, 1.165) is 42.6 Å². The molecular weight excluding hydrogens is 523 g/mol. The lowest BCUT2D eigenvalue weighted by molar-refractivity contribution is -0.117. The molecule has 3 N–H and O–H groups in total. The highest BCUT2D eigenvalue weighted by molar-refractivity contribution is 5.99. The molecule has 1 spiro atoms. The number of halogens is 1. The largest absolute Gasteiger partial charge is 0.485 e. The van der Waals surface area contributed by atoms with Gasteiger partial charge in [0, 0.05) is 49.3 Å². The number of hydrogen-bond donors (Lipinski definition) is 3. The summed E-state index contributed by atoms with van der Waals surface area (Å²) in [7, 11) is 0. The average Bonchev–Trinajstić information content (AvgIpc) is 3.40. The average molecular weight is 559 g/mol. The van der Waals surface area contributed by atoms with Gasteiger partial charge < -0.3 is 25.4 Å². The second-order valence-corrected chi connectivity index (χ2v) is 11.4. The van der Waals surface area contributed by atoms with Crippen LogP contribution in [0.1, 0.15) is 66.1 Å². The third kappa shape index (κ3) is 5.83. The van der Waals surface area contributed by atoms with E-state index in [9.17, 15) is 19.1 Å². The Kier molecular flexibility index (Phi) is 7.73. The molecule has 3 atom stereocenters. The predicted octanol–water partition coefficient (Wildman–Crippen LogP) is 4.09. The summed E-state index contributed by atoms with van der Waals surface area (Å²) >= 11 is 0. The zero-order valence-corrected chi connectivity index (χ0v) is 22.9. The molecule has 9 heteroatoms. The van der Waals surface area contributed by atoms with Gasteiger partial charge in [-0.25, -0.2) is 4.39 Å². The van der Waals surface area contributed by atoms with Crippen molar-refractivity contribution in [2.75, 3.05) is 18.0 Å². The van der Waals surface area contributed by atoms with E-state index in [2.05, 4.69) is 15.6 Å². The van der Waals surface area contributed by atoms with Crippen molar-refractivity contribution in [2.45, 2.75) is 68.7 Å². The van der Waals surface area contributed by atoms with E-state index >= 15 is 0 Å². The molecule has 8 nitrogen and oxygen atoms in total. The van der Waals surface area contributed by atoms with Crippen LogP contribution in [0.5, 0.6) is 5.75 Å². The van der Waals surface area contributed by atoms with Gasteiger partial charge in [0.15, 0.2) is 0 Å². The molecule has 1 saturated carbocycles. The van der Waals surface area contributed by atoms with Crippen molar-refractivity contribution in [1.82, 2.24) is 15.6 Å². The molecule has 0 radical (unpaired) electrons. The first kappa shape index (κ1) is 27.4. The van der Waals surface area contributed by atoms with E-state index in [1.807, 2.05) is 36.4 Å². The van der Waals surface area contributed by atoms with Crippen LogP contribution in [0.2, 0.25) is 0 Å². The fourth-order valence-corrected chi connectivity index (χ4v) is 6.15. The Morgan fingerprint density at radius 2 is 2.00 bits per heavy atom. The second kappa shape index (κ2) is 11.6. The van der Waals surface area contributed by atoms with Gasteiger partial charge in [-0.3, -0.25) is 14.6 Å². The molecular formula is C32H35FN4O4. The Morgan fingerprint density at radius 3 is 2.73 bits per heavy atom. The number of pyridine rings is 1. The van der Waals surface area contributed by atoms with Crippen molar-refractivity contribution < 1.29 is 23.8 Å². The van der Waals surface area contributed by atoms with Gasteiger partial charge in [0.1, 0.15) is 17.2 Å². The summed E-state index contributed by atoms with van der Waals surface area (Å²) in [5, 5.41) is 17.9. The van der Waals surface area contributed by atoms with E-state index < -0.39 is 23.9 Å². The molecule has 41 heavy (non-hydrogen) atoms. The lowest BCUT2D eigenvalue weighted by Crippen LogP contribution is -2.52. The first-order valence-electron chi connectivity index (χ1n) is 14.4. The number of amides is 2. The topological polar surface area (TPSA) is 104 Å². The highest BCUT2D eigenvalue weighted by atomic mass is 19.1. The van der Waals surface area contributed by atoms with Crippen LogP contribution in [0.3, 0.4) is 0 Å². The minimum atomic E-state index is -0.912. The lowest BCUT2D eigenvalue weighted by atomic mass is 9.73. The summed E-state index contributed by atoms with van der Waals surface area (Å²) in [6.07, 6.45) is 7.95. The van der Waals surface area contributed by atoms with Gasteiger partial charge >= 0.3 is 0 Å². The van der Waals surface area contributed by atoms with Crippen LogP contribution in [-0.4, -0.2) is 52.7 Å². The summed E-state index contributed by atoms with van der Waals surface area (Å²) in [4.78, 5) is 31.3. The van der Waals surface area contributed by atoms with Crippen LogP contribution in [0.4, 0.5) is 10.1 Å². The Morgan fingerprint density at radius 1 is 1.17 bits per heavy atom. The van der Waals surface area contributed by atoms with Crippen molar-refractivity contribution in [2.24, 2.45) is 0 Å². The summed E-state index contributed by atoms with van der Waals surface area (Å²) in [6, 6.07) is 15.0. The van der Waals surface area contributed by atoms with Crippen LogP contribution in [0, 0.1) is 5.82 Å². The number of nitrogens with zero attached hydrogens (tertiary/aromatic N) is 2. The van der Waals surface area contributed by atoms with Crippen molar-refractivity contribution in [3.8, 4) is 5.75 Å². The number of aliphatic hydroxyl groups excluding tert-OH is 1. The predicted molar refractivity (Wildman–Crippen MR) is 152 cm³/mol. The maximum atomic E-state index is 14.6. The molecule has 1 saturated heterocycles. The zero-order chi connectivity index (χ0) is 28.4. The highest BCUT2D eigenvalue weighted by Crippen LogP contribution is 2.48. The third-order valence-corrected chi connectivity index (χ3v) is 8.58. The Labute approximate surface area is 238 Å². The smallest absolute Gasteiger partial charge is 0.251 e. The first-order valence-corrected chi connectivity index (χ1v) is 14.4. The number of benzene rings is 2. The second-order valence-electron chi connectivity index (χ2n) is 11.4. The van der Waals surface area contributed by atoms with Crippen LogP contribution in [0.25, 0.3) is 0 Å². The highest BCUT2D eigenvalue weighted by Gasteiger charge is 2.45. The maximum absolute atomic E-state index is 14.6. The molecule has 3 aliphatic rings. The number of nitrogens with one attached hydrogen (secondary N) is 2. The molecule has 0 unspecified atom stereocenters. The molecule has 214 valence electrons. The van der Waals surface area contributed by atoms with Crippen LogP contribution >= 0.6 is 0 Å². The fraction of sp³-hybridized carbons (Fsp3) is 0.406. The Hall–Kier alpha value is -3.82. The van der Waals surface area contributed by atoms with Crippen molar-refractivity contribution in [3.63, 3.8) is 0 Å². The molecule has 2 aromatic carbocycles. The molecule has 2 aliphatic heterocycles. The van der Waals surface area contributed by atoms with Gasteiger partial charge in [-0.1, -0.05) is 30.3 Å². The molecule has 1 aromatic heterocycles. The van der Waals surface area contributed by atoms with Crippen LogP contribution in [-0.2, 0) is 11.2 Å². The van der Waals surface area contributed by atoms with E-state index in [1.165, 1.54) is 23.1 Å². The fourth-order valence-electron chi connectivity index (χ4n) is 6.15. The third-order valence-electron chi connectivity index (χ3n) is 8.58. The van der Waals surface area contributed by atoms with Gasteiger partial charge in [0.05, 0.1) is 24.0 Å². The molecule has 3 aromatic rings. The number of aromatic nitrogens is 1. The van der Waals surface area contributed by atoms with Gasteiger partial charge in [-0.2, -0.15) is 0 Å². The number of carbonyl (C=O) groups excluding carboxylic acids is 2. The molecule has 2 amide bonds. The van der Waals surface area contributed by atoms with Gasteiger partial charge in [-0.05, 0) is 61.9 Å². The minimum absolute atomic E-state index is 0.0116. The Balaban J connectivity index is 1.19. The number of fused-ring (bicyclic) bond motifs is 1. The molecule has 0 bridgehead atoms. The maximum Gasteiger partial charge on any atom is 0.251 e. The standard InChI is InChI=1S/C32H35FN4O4/c33-24-10-9-22(17-27(24)37-15-4-8-30(37)39)31(40)36-25(16-21-6-2-1-3-7-21)28(38)19-35-26-18-32(12-5-13-32)41-29-20-34-14-11-23(26)29/h1-3,6-7,9-11,14,17,20,25-26,28,35,38H,4-5,8,12-13,15-16,18-19H2,(H,36,40)/t25-,26+,28-/m0/s1. The SMILES string of the molecule is O=C(N[C@@H](Cc1ccccc1)[C@@H](O)CN[C@@H]1CC2(CCC2)Oc2cnccc21)c1ccc(F)c(N2CCCC2=O)c1. The number of aliphatic hydroxyl groups is 1. The molecule has 6 rings (SSSR count). The van der Waals surface area contributed by atoms with Crippen molar-refractivity contribution in [1.29, 1.82) is 0 Å². The van der Waals surface area contributed by atoms with E-state index in [0.29, 0.717) is 25.8 Å². The monoisotopic (exact) mass is 558 g/mol. The number of carbonyl (C=O) groups is 2. The minimum Gasteiger partial charge on any atom is -0.485 e. The summed E-state index contributed by atoms with van der Waals surface area (Å²) in [5.74, 6) is -0.353. The summed E-state index contributed by atoms with van der Waals surface area (Å²) < 4.78 is 20.9. The number of rotatable bonds is 9. The molecule has 3 heterocycles. The summed E-state index contributed by atoms with van der Waals surface area (Å²) in [5.41, 5.74) is 2.14. The van der Waals surface area contributed by atoms with Crippen molar-refractivity contribution in [3.05, 3.63) is 89.5 Å². The molecule has 1 aliphatic carbocycles. The first-order chi connectivity index (χ1) is 19.9. The van der Waals surface area contributed by atoms with Gasteiger partial charge in [-0.15, -0.1) is 0 Å². The van der Waals surface area contributed by atoms with Crippen LogP contribution in [0.15, 0.2) is 67.0 Å². The van der Waals surface area contributed by atoms with Gasteiger partial charge in [0.2, 0.25) is 5.91 Å². The van der Waals surface area contributed by atoms with Crippen molar-refractivity contribution >= 4 is 17.5 Å². The quantitative estimate of drug-likeness (QED) is 0.366. The van der Waals surface area contributed by atoms with E-state index in [-0.39, 0.29) is 35.3 Å². The lowest BCUT2D eigenvalue weighted by Gasteiger charge is -2.48. The number of ether oxygens (including phenoxy) is 1.